The van der Waals surface area contributed by atoms with Crippen molar-refractivity contribution in [2.75, 3.05) is 11.9 Å². The minimum atomic E-state index is -0.791. The van der Waals surface area contributed by atoms with Crippen LogP contribution in [0.3, 0.4) is 0 Å². The summed E-state index contributed by atoms with van der Waals surface area (Å²) >= 11 is 7.09. The molecule has 4 nitrogen and oxygen atoms in total. The van der Waals surface area contributed by atoms with Crippen LogP contribution in [-0.4, -0.2) is 18.5 Å². The molecule has 0 saturated carbocycles. The number of rotatable bonds is 4. The number of nitrogens with one attached hydrogen (secondary N) is 1. The van der Waals surface area contributed by atoms with E-state index >= 15 is 0 Å². The van der Waals surface area contributed by atoms with E-state index in [1.807, 2.05) is 0 Å². The Balaban J connectivity index is 1.66. The van der Waals surface area contributed by atoms with Crippen molar-refractivity contribution in [3.05, 3.63) is 64.0 Å². The average molecular weight is 382 g/mol. The number of amides is 1. The largest absolute Gasteiger partial charge is 0.451 e. The van der Waals surface area contributed by atoms with Gasteiger partial charge in [-0.3, -0.25) is 4.79 Å². The maximum atomic E-state index is 13.2. The van der Waals surface area contributed by atoms with E-state index in [4.69, 9.17) is 16.3 Å². The summed E-state index contributed by atoms with van der Waals surface area (Å²) in [7, 11) is 0. The lowest BCUT2D eigenvalue weighted by atomic mass is 10.2. The van der Waals surface area contributed by atoms with Crippen molar-refractivity contribution in [3.63, 3.8) is 0 Å². The van der Waals surface area contributed by atoms with Crippen molar-refractivity contribution in [2.45, 2.75) is 0 Å². The SMILES string of the molecule is O=C(COC(=O)c1sc2cc(F)ccc2c1Cl)Nc1cccc(F)c1. The lowest BCUT2D eigenvalue weighted by molar-refractivity contribution is -0.119. The van der Waals surface area contributed by atoms with Gasteiger partial charge in [-0.15, -0.1) is 11.3 Å². The van der Waals surface area contributed by atoms with Crippen LogP contribution < -0.4 is 5.32 Å². The summed E-state index contributed by atoms with van der Waals surface area (Å²) in [5.41, 5.74) is 0.247. The van der Waals surface area contributed by atoms with Gasteiger partial charge < -0.3 is 10.1 Å². The van der Waals surface area contributed by atoms with E-state index in [1.165, 1.54) is 36.4 Å². The summed E-state index contributed by atoms with van der Waals surface area (Å²) in [4.78, 5) is 24.0. The molecule has 1 amide bonds. The highest BCUT2D eigenvalue weighted by Gasteiger charge is 2.19. The van der Waals surface area contributed by atoms with Crippen LogP contribution in [0.25, 0.3) is 10.1 Å². The highest BCUT2D eigenvalue weighted by molar-refractivity contribution is 7.21. The van der Waals surface area contributed by atoms with E-state index < -0.39 is 30.1 Å². The van der Waals surface area contributed by atoms with Crippen LogP contribution in [0.4, 0.5) is 14.5 Å². The second-order valence-electron chi connectivity index (χ2n) is 5.02. The third kappa shape index (κ3) is 3.94. The van der Waals surface area contributed by atoms with Gasteiger partial charge in [0.1, 0.15) is 16.5 Å². The smallest absolute Gasteiger partial charge is 0.350 e. The number of benzene rings is 2. The molecule has 0 aliphatic rings. The van der Waals surface area contributed by atoms with Gasteiger partial charge in [-0.2, -0.15) is 0 Å². The van der Waals surface area contributed by atoms with E-state index in [0.29, 0.717) is 10.1 Å². The van der Waals surface area contributed by atoms with E-state index in [-0.39, 0.29) is 15.6 Å². The van der Waals surface area contributed by atoms with Gasteiger partial charge in [0.25, 0.3) is 5.91 Å². The van der Waals surface area contributed by atoms with Crippen LogP contribution in [0.2, 0.25) is 5.02 Å². The number of esters is 1. The predicted octanol–water partition coefficient (Wildman–Crippen LogP) is 4.63. The van der Waals surface area contributed by atoms with Gasteiger partial charge in [-0.1, -0.05) is 17.7 Å². The zero-order chi connectivity index (χ0) is 18.0. The molecule has 0 bridgehead atoms. The Hall–Kier alpha value is -2.51. The Labute approximate surface area is 150 Å². The number of fused-ring (bicyclic) bond motifs is 1. The number of hydrogen-bond donors (Lipinski definition) is 1. The summed E-state index contributed by atoms with van der Waals surface area (Å²) in [6.45, 7) is -0.561. The minimum Gasteiger partial charge on any atom is -0.451 e. The van der Waals surface area contributed by atoms with Crippen LogP contribution in [-0.2, 0) is 9.53 Å². The molecule has 0 radical (unpaired) electrons. The second kappa shape index (κ2) is 7.16. The third-order valence-electron chi connectivity index (χ3n) is 3.22. The molecular formula is C17H10ClF2NO3S. The average Bonchev–Trinajstić information content (AvgIpc) is 2.89. The quantitative estimate of drug-likeness (QED) is 0.670. The van der Waals surface area contributed by atoms with Crippen LogP contribution in [0.15, 0.2) is 42.5 Å². The number of anilines is 1. The second-order valence-corrected chi connectivity index (χ2v) is 6.45. The van der Waals surface area contributed by atoms with Gasteiger partial charge >= 0.3 is 5.97 Å². The molecule has 0 spiro atoms. The first-order valence-corrected chi connectivity index (χ1v) is 8.23. The first kappa shape index (κ1) is 17.3. The summed E-state index contributed by atoms with van der Waals surface area (Å²) in [5, 5.41) is 3.08. The lowest BCUT2D eigenvalue weighted by Crippen LogP contribution is -2.20. The molecule has 8 heteroatoms. The van der Waals surface area contributed by atoms with Gasteiger partial charge in [0.15, 0.2) is 6.61 Å². The molecule has 1 N–H and O–H groups in total. The molecule has 3 aromatic rings. The number of halogens is 3. The topological polar surface area (TPSA) is 55.4 Å². The molecule has 2 aromatic carbocycles. The fraction of sp³-hybridized carbons (Fsp3) is 0.0588. The van der Waals surface area contributed by atoms with E-state index in [9.17, 15) is 18.4 Å². The van der Waals surface area contributed by atoms with Gasteiger partial charge in [-0.05, 0) is 36.4 Å². The van der Waals surface area contributed by atoms with Crippen LogP contribution in [0.1, 0.15) is 9.67 Å². The van der Waals surface area contributed by atoms with Crippen LogP contribution >= 0.6 is 22.9 Å². The maximum absolute atomic E-state index is 13.2. The summed E-state index contributed by atoms with van der Waals surface area (Å²) in [5.74, 6) is -2.36. The molecule has 0 unspecified atom stereocenters. The van der Waals surface area contributed by atoms with Crippen molar-refractivity contribution in [3.8, 4) is 0 Å². The summed E-state index contributed by atoms with van der Waals surface area (Å²) < 4.78 is 31.7. The van der Waals surface area contributed by atoms with Crippen molar-refractivity contribution < 1.29 is 23.1 Å². The number of carbonyl (C=O) groups excluding carboxylic acids is 2. The van der Waals surface area contributed by atoms with E-state index in [0.717, 1.165) is 17.4 Å². The molecule has 3 rings (SSSR count). The van der Waals surface area contributed by atoms with Gasteiger partial charge in [0, 0.05) is 15.8 Å². The number of ether oxygens (including phenoxy) is 1. The lowest BCUT2D eigenvalue weighted by Gasteiger charge is -2.06. The first-order valence-electron chi connectivity index (χ1n) is 7.04. The van der Waals surface area contributed by atoms with Crippen molar-refractivity contribution in [1.29, 1.82) is 0 Å². The summed E-state index contributed by atoms with van der Waals surface area (Å²) in [6, 6.07) is 9.28. The molecule has 0 aliphatic carbocycles. The number of hydrogen-bond acceptors (Lipinski definition) is 4. The molecule has 1 heterocycles. The maximum Gasteiger partial charge on any atom is 0.350 e. The highest BCUT2D eigenvalue weighted by atomic mass is 35.5. The van der Waals surface area contributed by atoms with E-state index in [1.54, 1.807) is 0 Å². The van der Waals surface area contributed by atoms with E-state index in [2.05, 4.69) is 5.32 Å². The van der Waals surface area contributed by atoms with Crippen molar-refractivity contribution >= 4 is 50.6 Å². The zero-order valence-electron chi connectivity index (χ0n) is 12.5. The van der Waals surface area contributed by atoms with Crippen molar-refractivity contribution in [1.82, 2.24) is 0 Å². The Bertz CT molecular complexity index is 974. The standard InChI is InChI=1S/C17H10ClF2NO3S/c18-15-12-5-4-10(20)7-13(12)25-16(15)17(23)24-8-14(22)21-11-3-1-2-9(19)6-11/h1-7H,8H2,(H,21,22). The Kier molecular flexibility index (Phi) is 4.96. The minimum absolute atomic E-state index is 0.0841. The molecule has 0 saturated heterocycles. The Morgan fingerprint density at radius 1 is 1.12 bits per heavy atom. The number of carbonyl (C=O) groups is 2. The molecular weight excluding hydrogens is 372 g/mol. The fourth-order valence-corrected chi connectivity index (χ4v) is 3.56. The van der Waals surface area contributed by atoms with Crippen LogP contribution in [0, 0.1) is 11.6 Å². The Morgan fingerprint density at radius 3 is 2.64 bits per heavy atom. The monoisotopic (exact) mass is 381 g/mol. The Morgan fingerprint density at radius 2 is 1.88 bits per heavy atom. The van der Waals surface area contributed by atoms with Gasteiger partial charge in [0.05, 0.1) is 5.02 Å². The molecule has 25 heavy (non-hydrogen) atoms. The highest BCUT2D eigenvalue weighted by Crippen LogP contribution is 2.36. The van der Waals surface area contributed by atoms with Crippen LogP contribution in [0.5, 0.6) is 0 Å². The molecule has 1 aromatic heterocycles. The summed E-state index contributed by atoms with van der Waals surface area (Å²) in [6.07, 6.45) is 0. The first-order chi connectivity index (χ1) is 11.9. The molecule has 128 valence electrons. The third-order valence-corrected chi connectivity index (χ3v) is 4.86. The van der Waals surface area contributed by atoms with Crippen molar-refractivity contribution in [2.24, 2.45) is 0 Å². The van der Waals surface area contributed by atoms with Gasteiger partial charge in [-0.25, -0.2) is 13.6 Å². The predicted molar refractivity (Wildman–Crippen MR) is 92.1 cm³/mol. The number of thiophene rings is 1. The van der Waals surface area contributed by atoms with Gasteiger partial charge in [0.2, 0.25) is 0 Å². The zero-order valence-corrected chi connectivity index (χ0v) is 14.1. The normalized spacial score (nSPS) is 10.7. The molecule has 0 atom stereocenters. The molecule has 0 fully saturated rings. The fourth-order valence-electron chi connectivity index (χ4n) is 2.13. The molecule has 0 aliphatic heterocycles.